The van der Waals surface area contributed by atoms with Crippen molar-refractivity contribution in [3.63, 3.8) is 0 Å². The van der Waals surface area contributed by atoms with Crippen molar-refractivity contribution in [1.82, 2.24) is 0 Å². The lowest BCUT2D eigenvalue weighted by Crippen LogP contribution is -2.24. The Kier molecular flexibility index (Phi) is 6.54. The number of ether oxygens (including phenoxy) is 2. The highest BCUT2D eigenvalue weighted by Gasteiger charge is 2.24. The first kappa shape index (κ1) is 20.7. The Morgan fingerprint density at radius 1 is 1.04 bits per heavy atom. The summed E-state index contributed by atoms with van der Waals surface area (Å²) in [6, 6.07) is 7.66. The summed E-state index contributed by atoms with van der Waals surface area (Å²) >= 11 is 0. The lowest BCUT2D eigenvalue weighted by molar-refractivity contribution is -0.384. The van der Waals surface area contributed by atoms with Gasteiger partial charge < -0.3 is 9.47 Å². The summed E-state index contributed by atoms with van der Waals surface area (Å²) in [5.41, 5.74) is -0.848. The molecule has 2 rings (SSSR count). The molecule has 8 nitrogen and oxygen atoms in total. The van der Waals surface area contributed by atoms with Crippen molar-refractivity contribution in [2.75, 3.05) is 6.61 Å². The first-order valence-electron chi connectivity index (χ1n) is 8.20. The summed E-state index contributed by atoms with van der Waals surface area (Å²) in [6.45, 7) is 2.92. The molecule has 1 atom stereocenters. The second-order valence-corrected chi connectivity index (χ2v) is 5.66. The van der Waals surface area contributed by atoms with Gasteiger partial charge in [-0.15, -0.1) is 0 Å². The zero-order valence-electron chi connectivity index (χ0n) is 15.0. The van der Waals surface area contributed by atoms with Crippen molar-refractivity contribution in [2.24, 2.45) is 0 Å². The number of hydrogen-bond acceptors (Lipinski definition) is 7. The molecule has 0 amide bonds. The molecule has 0 unspecified atom stereocenters. The van der Waals surface area contributed by atoms with Crippen LogP contribution in [0, 0.1) is 15.9 Å². The Hall–Kier alpha value is -3.62. The van der Waals surface area contributed by atoms with E-state index in [0.717, 1.165) is 30.3 Å². The number of Topliss-reactive ketones (excluding diaryl/α,β-unsaturated/α-hetero) is 1. The normalized spacial score (nSPS) is 11.4. The molecule has 0 radical (unpaired) electrons. The van der Waals surface area contributed by atoms with Crippen LogP contribution >= 0.6 is 0 Å². The van der Waals surface area contributed by atoms with Crippen LogP contribution < -0.4 is 0 Å². The number of rotatable bonds is 7. The Labute approximate surface area is 159 Å². The molecule has 9 heteroatoms. The maximum absolute atomic E-state index is 13.0. The van der Waals surface area contributed by atoms with Crippen LogP contribution in [-0.2, 0) is 9.47 Å². The van der Waals surface area contributed by atoms with Crippen LogP contribution in [0.4, 0.5) is 10.1 Å². The van der Waals surface area contributed by atoms with E-state index >= 15 is 0 Å². The largest absolute Gasteiger partial charge is 0.462 e. The predicted molar refractivity (Wildman–Crippen MR) is 94.7 cm³/mol. The van der Waals surface area contributed by atoms with E-state index in [2.05, 4.69) is 0 Å². The molecule has 0 N–H and O–H groups in total. The number of carbonyl (C=O) groups is 3. The van der Waals surface area contributed by atoms with Gasteiger partial charge in [-0.2, -0.15) is 0 Å². The van der Waals surface area contributed by atoms with Gasteiger partial charge in [0, 0.05) is 17.7 Å². The maximum Gasteiger partial charge on any atom is 0.339 e. The van der Waals surface area contributed by atoms with Gasteiger partial charge in [-0.25, -0.2) is 14.0 Å². The highest BCUT2D eigenvalue weighted by molar-refractivity contribution is 6.02. The molecule has 0 aliphatic carbocycles. The van der Waals surface area contributed by atoms with Crippen molar-refractivity contribution < 1.29 is 33.2 Å². The monoisotopic (exact) mass is 389 g/mol. The second-order valence-electron chi connectivity index (χ2n) is 5.66. The SMILES string of the molecule is CCOC(=O)c1cc(C(=O)O[C@@H](C)C(=O)c2ccc(F)cc2)cc([N+](=O)[O-])c1. The quantitative estimate of drug-likeness (QED) is 0.309. The average Bonchev–Trinajstić information content (AvgIpc) is 2.67. The summed E-state index contributed by atoms with van der Waals surface area (Å²) in [5.74, 6) is -2.97. The second kappa shape index (κ2) is 8.85. The minimum Gasteiger partial charge on any atom is -0.462 e. The Balaban J connectivity index is 2.24. The maximum atomic E-state index is 13.0. The van der Waals surface area contributed by atoms with Crippen molar-refractivity contribution in [2.45, 2.75) is 20.0 Å². The van der Waals surface area contributed by atoms with Crippen LogP contribution in [-0.4, -0.2) is 35.4 Å². The van der Waals surface area contributed by atoms with E-state index in [9.17, 15) is 28.9 Å². The van der Waals surface area contributed by atoms with E-state index in [1.807, 2.05) is 0 Å². The number of halogens is 1. The number of nitrogens with zero attached hydrogens (tertiary/aromatic N) is 1. The molecule has 2 aromatic rings. The van der Waals surface area contributed by atoms with Gasteiger partial charge in [0.1, 0.15) is 5.82 Å². The Morgan fingerprint density at radius 2 is 1.61 bits per heavy atom. The van der Waals surface area contributed by atoms with Crippen LogP contribution in [0.25, 0.3) is 0 Å². The number of hydrogen-bond donors (Lipinski definition) is 0. The van der Waals surface area contributed by atoms with Gasteiger partial charge in [-0.1, -0.05) is 0 Å². The van der Waals surface area contributed by atoms with Crippen LogP contribution in [0.2, 0.25) is 0 Å². The van der Waals surface area contributed by atoms with E-state index < -0.39 is 40.3 Å². The fourth-order valence-corrected chi connectivity index (χ4v) is 2.30. The molecule has 0 saturated heterocycles. The third-order valence-corrected chi connectivity index (χ3v) is 3.66. The van der Waals surface area contributed by atoms with Gasteiger partial charge in [0.2, 0.25) is 5.78 Å². The number of ketones is 1. The Morgan fingerprint density at radius 3 is 2.14 bits per heavy atom. The number of benzene rings is 2. The van der Waals surface area contributed by atoms with E-state index in [-0.39, 0.29) is 23.3 Å². The molecular weight excluding hydrogens is 373 g/mol. The minimum atomic E-state index is -1.23. The van der Waals surface area contributed by atoms with E-state index in [0.29, 0.717) is 0 Å². The average molecular weight is 389 g/mol. The molecule has 2 aromatic carbocycles. The molecule has 146 valence electrons. The standard InChI is InChI=1S/C19H16FNO7/c1-3-27-18(23)13-8-14(10-16(9-13)21(25)26)19(24)28-11(2)17(22)12-4-6-15(20)7-5-12/h4-11H,3H2,1-2H3/t11-/m0/s1. The van der Waals surface area contributed by atoms with Crippen molar-refractivity contribution in [3.05, 3.63) is 75.1 Å². The van der Waals surface area contributed by atoms with E-state index in [1.54, 1.807) is 6.92 Å². The number of nitro groups is 1. The van der Waals surface area contributed by atoms with Gasteiger partial charge in [0.25, 0.3) is 5.69 Å². The van der Waals surface area contributed by atoms with E-state index in [1.165, 1.54) is 19.1 Å². The van der Waals surface area contributed by atoms with Gasteiger partial charge in [0.15, 0.2) is 6.10 Å². The van der Waals surface area contributed by atoms with Crippen molar-refractivity contribution in [1.29, 1.82) is 0 Å². The number of esters is 2. The first-order valence-corrected chi connectivity index (χ1v) is 8.20. The molecule has 0 aromatic heterocycles. The van der Waals surface area contributed by atoms with E-state index in [4.69, 9.17) is 9.47 Å². The fourth-order valence-electron chi connectivity index (χ4n) is 2.30. The molecule has 28 heavy (non-hydrogen) atoms. The third kappa shape index (κ3) is 4.97. The predicted octanol–water partition coefficient (Wildman–Crippen LogP) is 3.34. The first-order chi connectivity index (χ1) is 13.2. The smallest absolute Gasteiger partial charge is 0.339 e. The van der Waals surface area contributed by atoms with Gasteiger partial charge in [0.05, 0.1) is 22.7 Å². The molecule has 0 aliphatic heterocycles. The third-order valence-electron chi connectivity index (χ3n) is 3.66. The number of carbonyl (C=O) groups excluding carboxylic acids is 3. The zero-order chi connectivity index (χ0) is 20.8. The number of non-ortho nitro benzene ring substituents is 1. The van der Waals surface area contributed by atoms with Gasteiger partial charge >= 0.3 is 11.9 Å². The minimum absolute atomic E-state index is 0.0461. The molecule has 0 bridgehead atoms. The van der Waals surface area contributed by atoms with Crippen LogP contribution in [0.15, 0.2) is 42.5 Å². The highest BCUT2D eigenvalue weighted by Crippen LogP contribution is 2.20. The molecule has 0 spiro atoms. The zero-order valence-corrected chi connectivity index (χ0v) is 15.0. The molecule has 0 fully saturated rings. The van der Waals surface area contributed by atoms with Gasteiger partial charge in [-0.05, 0) is 44.2 Å². The van der Waals surface area contributed by atoms with Crippen LogP contribution in [0.1, 0.15) is 44.9 Å². The summed E-state index contributed by atoms with van der Waals surface area (Å²) in [7, 11) is 0. The molecule has 0 heterocycles. The Bertz CT molecular complexity index is 924. The fraction of sp³-hybridized carbons (Fsp3) is 0.211. The van der Waals surface area contributed by atoms with Crippen LogP contribution in [0.5, 0.6) is 0 Å². The molecule has 0 aliphatic rings. The highest BCUT2D eigenvalue weighted by atomic mass is 19.1. The molecule has 0 saturated carbocycles. The topological polar surface area (TPSA) is 113 Å². The van der Waals surface area contributed by atoms with Crippen molar-refractivity contribution >= 4 is 23.4 Å². The summed E-state index contributed by atoms with van der Waals surface area (Å²) in [4.78, 5) is 46.8. The van der Waals surface area contributed by atoms with Gasteiger partial charge in [-0.3, -0.25) is 14.9 Å². The summed E-state index contributed by atoms with van der Waals surface area (Å²) in [6.07, 6.45) is -1.23. The lowest BCUT2D eigenvalue weighted by atomic mass is 10.1. The van der Waals surface area contributed by atoms with Crippen molar-refractivity contribution in [3.8, 4) is 0 Å². The summed E-state index contributed by atoms with van der Waals surface area (Å²) in [5, 5.41) is 11.1. The number of nitro benzene ring substituents is 1. The molecular formula is C19H16FNO7. The van der Waals surface area contributed by atoms with Crippen LogP contribution in [0.3, 0.4) is 0 Å². The lowest BCUT2D eigenvalue weighted by Gasteiger charge is -2.13. The summed E-state index contributed by atoms with van der Waals surface area (Å²) < 4.78 is 22.8.